The minimum Gasteiger partial charge on any atom is -0.462 e. The normalized spacial score (nSPS) is 9.20. The number of carbonyl (C=O) groups excluding carboxylic acids is 1. The first-order chi connectivity index (χ1) is 7.27. The fourth-order valence-corrected chi connectivity index (χ4v) is 1.78. The van der Waals surface area contributed by atoms with Crippen molar-refractivity contribution >= 4 is 28.9 Å². The molecule has 0 bridgehead atoms. The SMILES string of the molecule is CCOC(=O)c1ccc(C#CCCCl)s1. The number of rotatable bonds is 3. The van der Waals surface area contributed by atoms with E-state index >= 15 is 0 Å². The van der Waals surface area contributed by atoms with Gasteiger partial charge in [0.15, 0.2) is 0 Å². The minimum atomic E-state index is -0.284. The Morgan fingerprint density at radius 3 is 3.07 bits per heavy atom. The lowest BCUT2D eigenvalue weighted by Gasteiger charge is -1.95. The highest BCUT2D eigenvalue weighted by atomic mass is 35.5. The molecule has 4 heteroatoms. The van der Waals surface area contributed by atoms with E-state index in [9.17, 15) is 4.79 Å². The average Bonchev–Trinajstić information content (AvgIpc) is 2.67. The lowest BCUT2D eigenvalue weighted by molar-refractivity contribution is 0.0532. The number of hydrogen-bond donors (Lipinski definition) is 0. The molecule has 0 radical (unpaired) electrons. The molecule has 0 aliphatic rings. The summed E-state index contributed by atoms with van der Waals surface area (Å²) in [4.78, 5) is 12.8. The summed E-state index contributed by atoms with van der Waals surface area (Å²) >= 11 is 6.83. The molecule has 0 saturated heterocycles. The Morgan fingerprint density at radius 1 is 1.60 bits per heavy atom. The maximum Gasteiger partial charge on any atom is 0.348 e. The molecule has 0 atom stereocenters. The third-order valence-corrected chi connectivity index (χ3v) is 2.68. The van der Waals surface area contributed by atoms with Crippen molar-refractivity contribution in [3.8, 4) is 11.8 Å². The standard InChI is InChI=1S/C11H11ClO2S/c1-2-14-11(13)10-7-6-9(15-10)5-3-4-8-12/h6-7H,2,4,8H2,1H3. The highest BCUT2D eigenvalue weighted by molar-refractivity contribution is 7.14. The van der Waals surface area contributed by atoms with Crippen molar-refractivity contribution in [1.29, 1.82) is 0 Å². The fraction of sp³-hybridized carbons (Fsp3) is 0.364. The van der Waals surface area contributed by atoms with E-state index in [4.69, 9.17) is 16.3 Å². The molecule has 2 nitrogen and oxygen atoms in total. The molecule has 0 fully saturated rings. The summed E-state index contributed by atoms with van der Waals surface area (Å²) in [5.74, 6) is 6.10. The van der Waals surface area contributed by atoms with Gasteiger partial charge in [0.2, 0.25) is 0 Å². The summed E-state index contributed by atoms with van der Waals surface area (Å²) in [6.45, 7) is 2.18. The summed E-state index contributed by atoms with van der Waals surface area (Å²) in [5, 5.41) is 0. The number of ether oxygens (including phenoxy) is 1. The Morgan fingerprint density at radius 2 is 2.40 bits per heavy atom. The van der Waals surface area contributed by atoms with E-state index in [2.05, 4.69) is 11.8 Å². The van der Waals surface area contributed by atoms with Crippen molar-refractivity contribution in [2.75, 3.05) is 12.5 Å². The quantitative estimate of drug-likeness (QED) is 0.463. The third kappa shape index (κ3) is 3.94. The van der Waals surface area contributed by atoms with Crippen LogP contribution in [0, 0.1) is 11.8 Å². The maximum atomic E-state index is 11.3. The fourth-order valence-electron chi connectivity index (χ4n) is 0.914. The summed E-state index contributed by atoms with van der Waals surface area (Å²) in [6.07, 6.45) is 0.661. The van der Waals surface area contributed by atoms with Crippen LogP contribution in [0.1, 0.15) is 27.9 Å². The van der Waals surface area contributed by atoms with E-state index in [0.717, 1.165) is 4.88 Å². The van der Waals surface area contributed by atoms with Gasteiger partial charge in [0, 0.05) is 12.3 Å². The molecule has 0 unspecified atom stereocenters. The highest BCUT2D eigenvalue weighted by Crippen LogP contribution is 2.16. The lowest BCUT2D eigenvalue weighted by atomic mass is 10.4. The van der Waals surface area contributed by atoms with Crippen LogP contribution in [-0.2, 0) is 4.74 Å². The summed E-state index contributed by atoms with van der Waals surface area (Å²) in [7, 11) is 0. The van der Waals surface area contributed by atoms with E-state index in [1.165, 1.54) is 11.3 Å². The van der Waals surface area contributed by atoms with Crippen molar-refractivity contribution < 1.29 is 9.53 Å². The largest absolute Gasteiger partial charge is 0.462 e. The Kier molecular flexibility index (Phi) is 5.23. The first-order valence-electron chi connectivity index (χ1n) is 4.59. The van der Waals surface area contributed by atoms with Gasteiger partial charge in [-0.15, -0.1) is 22.9 Å². The predicted octanol–water partition coefficient (Wildman–Crippen LogP) is 2.91. The molecule has 0 spiro atoms. The van der Waals surface area contributed by atoms with E-state index in [1.807, 2.05) is 6.07 Å². The molecule has 0 N–H and O–H groups in total. The zero-order chi connectivity index (χ0) is 11.1. The van der Waals surface area contributed by atoms with E-state index in [-0.39, 0.29) is 5.97 Å². The molecular weight excluding hydrogens is 232 g/mol. The highest BCUT2D eigenvalue weighted by Gasteiger charge is 2.08. The molecule has 0 aromatic carbocycles. The molecule has 1 heterocycles. The number of alkyl halides is 1. The van der Waals surface area contributed by atoms with Crippen molar-refractivity contribution in [2.24, 2.45) is 0 Å². The summed E-state index contributed by atoms with van der Waals surface area (Å²) < 4.78 is 4.87. The van der Waals surface area contributed by atoms with Crippen LogP contribution in [-0.4, -0.2) is 18.5 Å². The van der Waals surface area contributed by atoms with Crippen molar-refractivity contribution in [3.05, 3.63) is 21.9 Å². The third-order valence-electron chi connectivity index (χ3n) is 1.51. The maximum absolute atomic E-state index is 11.3. The molecule has 80 valence electrons. The monoisotopic (exact) mass is 242 g/mol. The number of thiophene rings is 1. The summed E-state index contributed by atoms with van der Waals surface area (Å²) in [6, 6.07) is 3.55. The Hall–Kier alpha value is -0.980. The zero-order valence-electron chi connectivity index (χ0n) is 8.38. The number of halogens is 1. The first-order valence-corrected chi connectivity index (χ1v) is 5.94. The smallest absolute Gasteiger partial charge is 0.348 e. The second-order valence-corrected chi connectivity index (χ2v) is 4.09. The number of hydrogen-bond acceptors (Lipinski definition) is 3. The van der Waals surface area contributed by atoms with Crippen LogP contribution < -0.4 is 0 Å². The van der Waals surface area contributed by atoms with E-state index < -0.39 is 0 Å². The van der Waals surface area contributed by atoms with Gasteiger partial charge in [-0.05, 0) is 19.1 Å². The van der Waals surface area contributed by atoms with Crippen molar-refractivity contribution in [3.63, 3.8) is 0 Å². The van der Waals surface area contributed by atoms with Gasteiger partial charge in [-0.3, -0.25) is 0 Å². The van der Waals surface area contributed by atoms with Crippen LogP contribution in [0.2, 0.25) is 0 Å². The number of carbonyl (C=O) groups is 1. The molecule has 0 aliphatic carbocycles. The molecule has 15 heavy (non-hydrogen) atoms. The van der Waals surface area contributed by atoms with Crippen LogP contribution in [0.25, 0.3) is 0 Å². The van der Waals surface area contributed by atoms with Gasteiger partial charge in [0.1, 0.15) is 4.88 Å². The second kappa shape index (κ2) is 6.49. The predicted molar refractivity (Wildman–Crippen MR) is 62.5 cm³/mol. The van der Waals surface area contributed by atoms with Crippen LogP contribution in [0.4, 0.5) is 0 Å². The zero-order valence-corrected chi connectivity index (χ0v) is 9.95. The van der Waals surface area contributed by atoms with Gasteiger partial charge in [-0.2, -0.15) is 0 Å². The topological polar surface area (TPSA) is 26.3 Å². The average molecular weight is 243 g/mol. The molecule has 0 saturated carbocycles. The Labute approximate surface area is 98.2 Å². The van der Waals surface area contributed by atoms with Gasteiger partial charge in [0.05, 0.1) is 11.5 Å². The first kappa shape index (κ1) is 12.1. The van der Waals surface area contributed by atoms with Gasteiger partial charge in [-0.25, -0.2) is 4.79 Å². The molecule has 0 amide bonds. The second-order valence-electron chi connectivity index (χ2n) is 2.63. The van der Waals surface area contributed by atoms with Gasteiger partial charge >= 0.3 is 5.97 Å². The Balaban J connectivity index is 2.65. The van der Waals surface area contributed by atoms with Crippen LogP contribution >= 0.6 is 22.9 Å². The van der Waals surface area contributed by atoms with Crippen LogP contribution in [0.3, 0.4) is 0 Å². The van der Waals surface area contributed by atoms with Crippen molar-refractivity contribution in [2.45, 2.75) is 13.3 Å². The number of esters is 1. The van der Waals surface area contributed by atoms with E-state index in [0.29, 0.717) is 23.8 Å². The van der Waals surface area contributed by atoms with Crippen molar-refractivity contribution in [1.82, 2.24) is 0 Å². The van der Waals surface area contributed by atoms with Crippen LogP contribution in [0.15, 0.2) is 12.1 Å². The molecule has 1 rings (SSSR count). The Bertz CT molecular complexity index is 387. The van der Waals surface area contributed by atoms with Crippen LogP contribution in [0.5, 0.6) is 0 Å². The minimum absolute atomic E-state index is 0.284. The molecule has 1 aromatic heterocycles. The van der Waals surface area contributed by atoms with Gasteiger partial charge in [-0.1, -0.05) is 11.8 Å². The molecular formula is C11H11ClO2S. The van der Waals surface area contributed by atoms with Gasteiger partial charge in [0.25, 0.3) is 0 Å². The van der Waals surface area contributed by atoms with E-state index in [1.54, 1.807) is 13.0 Å². The summed E-state index contributed by atoms with van der Waals surface area (Å²) in [5.41, 5.74) is 0. The molecule has 1 aromatic rings. The molecule has 0 aliphatic heterocycles. The van der Waals surface area contributed by atoms with Gasteiger partial charge < -0.3 is 4.74 Å². The lowest BCUT2D eigenvalue weighted by Crippen LogP contribution is -2.01.